The predicted molar refractivity (Wildman–Crippen MR) is 126 cm³/mol. The summed E-state index contributed by atoms with van der Waals surface area (Å²) in [6.07, 6.45) is 3.78. The van der Waals surface area contributed by atoms with Crippen LogP contribution in [0.1, 0.15) is 44.4 Å². The Hall–Kier alpha value is -3.03. The molecular weight excluding hydrogens is 394 g/mol. The standard InChI is InChI=1S/C25H26ClN3O/c1-6-29-23-13-22(26)18(12-21(23)17(3)14-25(29,4)5)11-19(15-27)24(30)28-20-9-7-8-16(2)10-20/h7-14H,6H2,1-5H3,(H,28,30)/b19-11+. The number of carbonyl (C=O) groups excluding carboxylic acids is 1. The molecule has 0 atom stereocenters. The molecule has 2 aromatic rings. The van der Waals surface area contributed by atoms with Crippen molar-refractivity contribution in [2.75, 3.05) is 16.8 Å². The van der Waals surface area contributed by atoms with Crippen LogP contribution in [0.15, 0.2) is 48.0 Å². The van der Waals surface area contributed by atoms with Crippen LogP contribution < -0.4 is 10.2 Å². The second-order valence-corrected chi connectivity index (χ2v) is 8.52. The molecule has 1 heterocycles. The number of anilines is 2. The molecule has 1 aliphatic heterocycles. The zero-order valence-corrected chi connectivity index (χ0v) is 18.8. The number of hydrogen-bond acceptors (Lipinski definition) is 3. The van der Waals surface area contributed by atoms with Gasteiger partial charge in [-0.05, 0) is 81.7 Å². The molecule has 30 heavy (non-hydrogen) atoms. The number of nitrogens with one attached hydrogen (secondary N) is 1. The van der Waals surface area contributed by atoms with Crippen molar-refractivity contribution in [1.82, 2.24) is 0 Å². The fraction of sp³-hybridized carbons (Fsp3) is 0.280. The molecule has 154 valence electrons. The van der Waals surface area contributed by atoms with E-state index in [0.29, 0.717) is 16.3 Å². The SMILES string of the molecule is CCN1c2cc(Cl)c(/C=C(\C#N)C(=O)Nc3cccc(C)c3)cc2C(C)=CC1(C)C. The van der Waals surface area contributed by atoms with Crippen LogP contribution in [0.3, 0.4) is 0 Å². The van der Waals surface area contributed by atoms with E-state index in [2.05, 4.69) is 44.0 Å². The summed E-state index contributed by atoms with van der Waals surface area (Å²) < 4.78 is 0. The number of nitriles is 1. The number of nitrogens with zero attached hydrogens (tertiary/aromatic N) is 2. The fourth-order valence-corrected chi connectivity index (χ4v) is 4.24. The predicted octanol–water partition coefficient (Wildman–Crippen LogP) is 6.22. The van der Waals surface area contributed by atoms with Crippen molar-refractivity contribution < 1.29 is 4.79 Å². The topological polar surface area (TPSA) is 56.1 Å². The van der Waals surface area contributed by atoms with Gasteiger partial charge in [0, 0.05) is 28.5 Å². The molecule has 2 aromatic carbocycles. The Morgan fingerprint density at radius 3 is 2.63 bits per heavy atom. The van der Waals surface area contributed by atoms with Gasteiger partial charge in [-0.2, -0.15) is 5.26 Å². The van der Waals surface area contributed by atoms with Crippen LogP contribution in [0.2, 0.25) is 5.02 Å². The summed E-state index contributed by atoms with van der Waals surface area (Å²) in [6, 6.07) is 13.3. The van der Waals surface area contributed by atoms with Crippen molar-refractivity contribution in [1.29, 1.82) is 5.26 Å². The number of benzene rings is 2. The maximum atomic E-state index is 12.6. The molecular formula is C25H26ClN3O. The molecule has 0 unspecified atom stereocenters. The molecule has 0 saturated heterocycles. The van der Waals surface area contributed by atoms with E-state index in [-0.39, 0.29) is 11.1 Å². The number of allylic oxidation sites excluding steroid dienone is 1. The maximum absolute atomic E-state index is 12.6. The Labute approximate surface area is 183 Å². The number of halogens is 1. The lowest BCUT2D eigenvalue weighted by molar-refractivity contribution is -0.112. The molecule has 0 bridgehead atoms. The van der Waals surface area contributed by atoms with E-state index in [9.17, 15) is 10.1 Å². The fourth-order valence-electron chi connectivity index (χ4n) is 4.03. The molecule has 4 nitrogen and oxygen atoms in total. The van der Waals surface area contributed by atoms with Crippen molar-refractivity contribution in [3.63, 3.8) is 0 Å². The van der Waals surface area contributed by atoms with E-state index < -0.39 is 5.91 Å². The molecule has 1 N–H and O–H groups in total. The summed E-state index contributed by atoms with van der Waals surface area (Å²) in [5.41, 5.74) is 5.48. The summed E-state index contributed by atoms with van der Waals surface area (Å²) in [5, 5.41) is 12.9. The molecule has 0 spiro atoms. The van der Waals surface area contributed by atoms with Gasteiger partial charge in [0.15, 0.2) is 0 Å². The van der Waals surface area contributed by atoms with Crippen LogP contribution in [-0.4, -0.2) is 18.0 Å². The Morgan fingerprint density at radius 2 is 2.00 bits per heavy atom. The minimum Gasteiger partial charge on any atom is -0.363 e. The lowest BCUT2D eigenvalue weighted by Gasteiger charge is -2.43. The number of aryl methyl sites for hydroxylation is 1. The first kappa shape index (κ1) is 21.7. The van der Waals surface area contributed by atoms with E-state index >= 15 is 0 Å². The van der Waals surface area contributed by atoms with E-state index in [1.807, 2.05) is 43.3 Å². The summed E-state index contributed by atoms with van der Waals surface area (Å²) in [6.45, 7) is 11.3. The lowest BCUT2D eigenvalue weighted by atomic mass is 9.88. The molecule has 1 amide bonds. The zero-order chi connectivity index (χ0) is 22.1. The minimum atomic E-state index is -0.458. The van der Waals surface area contributed by atoms with Gasteiger partial charge in [-0.1, -0.05) is 29.8 Å². The van der Waals surface area contributed by atoms with Crippen LogP contribution in [0.25, 0.3) is 11.6 Å². The molecule has 0 saturated carbocycles. The summed E-state index contributed by atoms with van der Waals surface area (Å²) in [7, 11) is 0. The highest BCUT2D eigenvalue weighted by molar-refractivity contribution is 6.32. The number of fused-ring (bicyclic) bond motifs is 1. The first-order valence-electron chi connectivity index (χ1n) is 9.97. The summed E-state index contributed by atoms with van der Waals surface area (Å²) in [5.74, 6) is -0.458. The van der Waals surface area contributed by atoms with Gasteiger partial charge in [0.05, 0.1) is 5.54 Å². The van der Waals surface area contributed by atoms with Gasteiger partial charge < -0.3 is 10.2 Å². The van der Waals surface area contributed by atoms with Gasteiger partial charge >= 0.3 is 0 Å². The monoisotopic (exact) mass is 419 g/mol. The smallest absolute Gasteiger partial charge is 0.266 e. The lowest BCUT2D eigenvalue weighted by Crippen LogP contribution is -2.44. The first-order chi connectivity index (χ1) is 14.2. The third-order valence-corrected chi connectivity index (χ3v) is 5.68. The number of likely N-dealkylation sites (N-methyl/N-ethyl adjacent to an activating group) is 1. The molecule has 0 radical (unpaired) electrons. The third kappa shape index (κ3) is 4.27. The maximum Gasteiger partial charge on any atom is 0.266 e. The summed E-state index contributed by atoms with van der Waals surface area (Å²) in [4.78, 5) is 14.9. The van der Waals surface area contributed by atoms with Crippen LogP contribution in [0.4, 0.5) is 11.4 Å². The molecule has 0 aliphatic carbocycles. The Bertz CT molecular complexity index is 1110. The molecule has 3 rings (SSSR count). The zero-order valence-electron chi connectivity index (χ0n) is 18.0. The van der Waals surface area contributed by atoms with Crippen LogP contribution >= 0.6 is 11.6 Å². The molecule has 1 aliphatic rings. The second-order valence-electron chi connectivity index (χ2n) is 8.11. The Morgan fingerprint density at radius 1 is 1.27 bits per heavy atom. The van der Waals surface area contributed by atoms with Crippen LogP contribution in [0.5, 0.6) is 0 Å². The van der Waals surface area contributed by atoms with E-state index in [1.165, 1.54) is 0 Å². The van der Waals surface area contributed by atoms with Gasteiger partial charge in [0.2, 0.25) is 0 Å². The first-order valence-corrected chi connectivity index (χ1v) is 10.3. The Kier molecular flexibility index (Phi) is 6.05. The van der Waals surface area contributed by atoms with Crippen LogP contribution in [-0.2, 0) is 4.79 Å². The minimum absolute atomic E-state index is 0.00322. The number of amides is 1. The highest BCUT2D eigenvalue weighted by Crippen LogP contribution is 2.41. The quantitative estimate of drug-likeness (QED) is 0.473. The van der Waals surface area contributed by atoms with Gasteiger partial charge in [0.1, 0.15) is 11.6 Å². The molecule has 5 heteroatoms. The third-order valence-electron chi connectivity index (χ3n) is 5.35. The van der Waals surface area contributed by atoms with Gasteiger partial charge in [-0.3, -0.25) is 4.79 Å². The van der Waals surface area contributed by atoms with Crippen molar-refractivity contribution in [2.45, 2.75) is 40.2 Å². The average Bonchev–Trinajstić information content (AvgIpc) is 2.66. The number of carbonyl (C=O) groups is 1. The van der Waals surface area contributed by atoms with Crippen molar-refractivity contribution in [2.24, 2.45) is 0 Å². The second kappa shape index (κ2) is 8.38. The normalized spacial score (nSPS) is 15.2. The van der Waals surface area contributed by atoms with E-state index in [1.54, 1.807) is 12.1 Å². The van der Waals surface area contributed by atoms with E-state index in [0.717, 1.165) is 28.9 Å². The van der Waals surface area contributed by atoms with Crippen molar-refractivity contribution in [3.8, 4) is 6.07 Å². The van der Waals surface area contributed by atoms with Crippen molar-refractivity contribution >= 4 is 40.5 Å². The number of hydrogen-bond donors (Lipinski definition) is 1. The van der Waals surface area contributed by atoms with Crippen molar-refractivity contribution in [3.05, 3.63) is 69.8 Å². The van der Waals surface area contributed by atoms with Gasteiger partial charge in [-0.25, -0.2) is 0 Å². The molecule has 0 aromatic heterocycles. The highest BCUT2D eigenvalue weighted by Gasteiger charge is 2.30. The number of rotatable bonds is 4. The van der Waals surface area contributed by atoms with E-state index in [4.69, 9.17) is 11.6 Å². The van der Waals surface area contributed by atoms with Gasteiger partial charge in [-0.15, -0.1) is 0 Å². The van der Waals surface area contributed by atoms with Gasteiger partial charge in [0.25, 0.3) is 5.91 Å². The summed E-state index contributed by atoms with van der Waals surface area (Å²) >= 11 is 6.58. The largest absolute Gasteiger partial charge is 0.363 e. The Balaban J connectivity index is 1.99. The van der Waals surface area contributed by atoms with Crippen LogP contribution in [0, 0.1) is 18.3 Å². The highest BCUT2D eigenvalue weighted by atomic mass is 35.5. The molecule has 0 fully saturated rings. The average molecular weight is 420 g/mol.